The number of rotatable bonds is 1. The van der Waals surface area contributed by atoms with Gasteiger partial charge in [0.1, 0.15) is 5.15 Å². The Kier molecular flexibility index (Phi) is 4.24. The molecule has 0 radical (unpaired) electrons. The van der Waals surface area contributed by atoms with Gasteiger partial charge in [-0.15, -0.1) is 0 Å². The molecule has 7 heteroatoms. The fraction of sp³-hybridized carbons (Fsp3) is 0. The molecule has 0 aromatic carbocycles. The van der Waals surface area contributed by atoms with Crippen LogP contribution < -0.4 is 18.9 Å². The van der Waals surface area contributed by atoms with Crippen molar-refractivity contribution in [2.75, 3.05) is 0 Å². The Hall–Kier alpha value is -0.0526. The first-order chi connectivity index (χ1) is 5.00. The van der Waals surface area contributed by atoms with E-state index in [9.17, 15) is 8.42 Å². The van der Waals surface area contributed by atoms with Crippen molar-refractivity contribution in [1.29, 1.82) is 0 Å². The number of aromatic nitrogens is 1. The molecule has 1 rings (SSSR count). The zero-order chi connectivity index (χ0) is 8.48. The number of nitrogens with zero attached hydrogens (tertiary/aromatic N) is 1. The van der Waals surface area contributed by atoms with Crippen LogP contribution in [0, 0.1) is 0 Å². The summed E-state index contributed by atoms with van der Waals surface area (Å²) in [6.07, 6.45) is 0. The van der Waals surface area contributed by atoms with Gasteiger partial charge in [-0.25, -0.2) is 4.98 Å². The normalized spacial score (nSPS) is 10.5. The van der Waals surface area contributed by atoms with Gasteiger partial charge < -0.3 is 1.43 Å². The minimum absolute atomic E-state index is 0. The molecule has 0 unspecified atom stereocenters. The molecule has 4 nitrogen and oxygen atoms in total. The summed E-state index contributed by atoms with van der Waals surface area (Å²) in [4.78, 5) is 3.37. The molecule has 0 spiro atoms. The first-order valence-corrected chi connectivity index (χ1v) is 4.42. The first-order valence-electron chi connectivity index (χ1n) is 2.60. The average molecular weight is 202 g/mol. The molecule has 0 amide bonds. The molecule has 0 saturated carbocycles. The third-order valence-corrected chi connectivity index (χ3v) is 1.92. The summed E-state index contributed by atoms with van der Waals surface area (Å²) >= 11 is 5.36. The largest absolute Gasteiger partial charge is 1.00 e. The summed E-state index contributed by atoms with van der Waals surface area (Å²) in [6, 6.07) is 3.95. The van der Waals surface area contributed by atoms with Crippen LogP contribution in [0.5, 0.6) is 0 Å². The summed E-state index contributed by atoms with van der Waals surface area (Å²) in [5.74, 6) is 0. The molecule has 0 aliphatic heterocycles. The SMILES string of the molecule is O=S(=O)(O)c1cccc(Cl)n1.[H-].[Li+]. The minimum atomic E-state index is -4.22. The second-order valence-corrected chi connectivity index (χ2v) is 3.53. The van der Waals surface area contributed by atoms with Crippen molar-refractivity contribution >= 4 is 21.7 Å². The van der Waals surface area contributed by atoms with Crippen LogP contribution in [0.2, 0.25) is 5.15 Å². The summed E-state index contributed by atoms with van der Waals surface area (Å²) in [7, 11) is -4.22. The van der Waals surface area contributed by atoms with Gasteiger partial charge in [-0.1, -0.05) is 17.7 Å². The van der Waals surface area contributed by atoms with E-state index in [1.54, 1.807) is 0 Å². The molecule has 0 atom stereocenters. The van der Waals surface area contributed by atoms with Gasteiger partial charge in [-0.05, 0) is 12.1 Å². The molecule has 0 fully saturated rings. The van der Waals surface area contributed by atoms with E-state index in [0.29, 0.717) is 0 Å². The Balaban J connectivity index is 0. The van der Waals surface area contributed by atoms with Crippen LogP contribution in [0.3, 0.4) is 0 Å². The van der Waals surface area contributed by atoms with Crippen LogP contribution in [0.4, 0.5) is 0 Å². The Labute approximate surface area is 88.4 Å². The number of halogens is 1. The fourth-order valence-corrected chi connectivity index (χ4v) is 1.21. The molecule has 1 N–H and O–H groups in total. The maximum atomic E-state index is 10.4. The summed E-state index contributed by atoms with van der Waals surface area (Å²) in [5, 5.41) is -0.412. The maximum Gasteiger partial charge on any atom is 1.00 e. The van der Waals surface area contributed by atoms with E-state index in [0.717, 1.165) is 6.07 Å². The van der Waals surface area contributed by atoms with Crippen LogP contribution >= 0.6 is 11.6 Å². The Morgan fingerprint density at radius 2 is 2.08 bits per heavy atom. The van der Waals surface area contributed by atoms with E-state index in [2.05, 4.69) is 4.98 Å². The second-order valence-electron chi connectivity index (χ2n) is 1.77. The van der Waals surface area contributed by atoms with Crippen LogP contribution in [-0.4, -0.2) is 18.0 Å². The minimum Gasteiger partial charge on any atom is -1.00 e. The van der Waals surface area contributed by atoms with Crippen molar-refractivity contribution in [1.82, 2.24) is 4.98 Å². The van der Waals surface area contributed by atoms with Crippen LogP contribution in [-0.2, 0) is 10.1 Å². The van der Waals surface area contributed by atoms with E-state index in [1.807, 2.05) is 0 Å². The van der Waals surface area contributed by atoms with Crippen LogP contribution in [0.15, 0.2) is 23.2 Å². The van der Waals surface area contributed by atoms with Gasteiger partial charge in [0.15, 0.2) is 5.03 Å². The van der Waals surface area contributed by atoms with Gasteiger partial charge in [-0.3, -0.25) is 4.55 Å². The third kappa shape index (κ3) is 3.13. The molecule has 0 bridgehead atoms. The molecule has 1 aromatic rings. The van der Waals surface area contributed by atoms with E-state index < -0.39 is 15.1 Å². The van der Waals surface area contributed by atoms with E-state index in [1.165, 1.54) is 12.1 Å². The van der Waals surface area contributed by atoms with Gasteiger partial charge >= 0.3 is 29.0 Å². The smallest absolute Gasteiger partial charge is 1.00 e. The zero-order valence-electron chi connectivity index (χ0n) is 7.23. The summed E-state index contributed by atoms with van der Waals surface area (Å²) in [5.41, 5.74) is 0. The number of hydrogen-bond acceptors (Lipinski definition) is 3. The van der Waals surface area contributed by atoms with Gasteiger partial charge in [0.05, 0.1) is 0 Å². The molecule has 0 saturated heterocycles. The van der Waals surface area contributed by atoms with E-state index in [4.69, 9.17) is 16.2 Å². The second kappa shape index (κ2) is 4.26. The number of pyridine rings is 1. The molecule has 62 valence electrons. The Bertz CT molecular complexity index is 372. The summed E-state index contributed by atoms with van der Waals surface area (Å²) < 4.78 is 29.3. The molecule has 12 heavy (non-hydrogen) atoms. The molecular formula is C5H5ClLiNO3S. The predicted molar refractivity (Wildman–Crippen MR) is 40.2 cm³/mol. The molecule has 0 aliphatic rings. The first kappa shape index (κ1) is 11.9. The van der Waals surface area contributed by atoms with Gasteiger partial charge in [0.25, 0.3) is 0 Å². The molecule has 1 heterocycles. The van der Waals surface area contributed by atoms with Crippen LogP contribution in [0.25, 0.3) is 0 Å². The summed E-state index contributed by atoms with van der Waals surface area (Å²) in [6.45, 7) is 0. The van der Waals surface area contributed by atoms with Crippen molar-refractivity contribution in [3.05, 3.63) is 23.4 Å². The Morgan fingerprint density at radius 1 is 1.50 bits per heavy atom. The van der Waals surface area contributed by atoms with Gasteiger partial charge in [0, 0.05) is 0 Å². The van der Waals surface area contributed by atoms with Crippen LogP contribution in [0.1, 0.15) is 1.43 Å². The molecule has 0 aliphatic carbocycles. The van der Waals surface area contributed by atoms with Crippen molar-refractivity contribution in [2.45, 2.75) is 5.03 Å². The maximum absolute atomic E-state index is 10.4. The fourth-order valence-electron chi connectivity index (χ4n) is 0.533. The van der Waals surface area contributed by atoms with Gasteiger partial charge in [-0.2, -0.15) is 8.42 Å². The van der Waals surface area contributed by atoms with Crippen molar-refractivity contribution in [2.24, 2.45) is 0 Å². The van der Waals surface area contributed by atoms with Crippen molar-refractivity contribution in [3.63, 3.8) is 0 Å². The zero-order valence-corrected chi connectivity index (χ0v) is 7.80. The van der Waals surface area contributed by atoms with E-state index in [-0.39, 0.29) is 25.4 Å². The standard InChI is InChI=1S/C5H4ClNO3S.Li.H/c6-4-2-1-3-5(7-4)11(8,9)10;;/h1-3H,(H,8,9,10);;/q;+1;-1. The predicted octanol–water partition coefficient (Wildman–Crippen LogP) is -1.90. The molecular weight excluding hydrogens is 197 g/mol. The Morgan fingerprint density at radius 3 is 2.42 bits per heavy atom. The number of hydrogen-bond donors (Lipinski definition) is 1. The van der Waals surface area contributed by atoms with E-state index >= 15 is 0 Å². The average Bonchev–Trinajstić information content (AvgIpc) is 1.86. The van der Waals surface area contributed by atoms with Crippen molar-refractivity contribution in [3.8, 4) is 0 Å². The molecule has 1 aromatic heterocycles. The quantitative estimate of drug-likeness (QED) is 0.327. The monoisotopic (exact) mass is 201 g/mol. The van der Waals surface area contributed by atoms with Gasteiger partial charge in [0.2, 0.25) is 0 Å². The third-order valence-electron chi connectivity index (χ3n) is 0.954. The van der Waals surface area contributed by atoms with Crippen molar-refractivity contribution < 1.29 is 33.3 Å². The topological polar surface area (TPSA) is 67.3 Å².